The fourth-order valence-corrected chi connectivity index (χ4v) is 3.01. The second-order valence-electron chi connectivity index (χ2n) is 6.77. The van der Waals surface area contributed by atoms with Crippen molar-refractivity contribution in [1.29, 1.82) is 0 Å². The molecule has 1 saturated carbocycles. The molecule has 0 aromatic heterocycles. The number of benzene rings is 1. The first kappa shape index (κ1) is 20.7. The molecule has 0 bridgehead atoms. The first-order valence-corrected chi connectivity index (χ1v) is 9.64. The third-order valence-electron chi connectivity index (χ3n) is 4.48. The molecule has 148 valence electrons. The average Bonchev–Trinajstić information content (AvgIpc) is 2.69. The van der Waals surface area contributed by atoms with E-state index in [2.05, 4.69) is 16.0 Å². The highest BCUT2D eigenvalue weighted by Gasteiger charge is 2.15. The van der Waals surface area contributed by atoms with Crippen LogP contribution in [-0.4, -0.2) is 37.0 Å². The predicted octanol–water partition coefficient (Wildman–Crippen LogP) is 2.26. The molecule has 0 spiro atoms. The Hall–Kier alpha value is -2.57. The van der Waals surface area contributed by atoms with Gasteiger partial charge in [0.1, 0.15) is 6.61 Å². The smallest absolute Gasteiger partial charge is 0.407 e. The summed E-state index contributed by atoms with van der Waals surface area (Å²) in [7, 11) is 0. The Labute approximate surface area is 160 Å². The molecule has 1 aliphatic carbocycles. The molecule has 3 N–H and O–H groups in total. The van der Waals surface area contributed by atoms with Crippen molar-refractivity contribution in [3.63, 3.8) is 0 Å². The Kier molecular flexibility index (Phi) is 9.17. The first-order chi connectivity index (χ1) is 13.1. The van der Waals surface area contributed by atoms with E-state index in [0.717, 1.165) is 31.2 Å². The molecule has 3 amide bonds. The molecule has 27 heavy (non-hydrogen) atoms. The van der Waals surface area contributed by atoms with Crippen molar-refractivity contribution < 1.29 is 19.1 Å². The van der Waals surface area contributed by atoms with Gasteiger partial charge in [-0.25, -0.2) is 4.79 Å². The molecule has 0 aliphatic heterocycles. The number of ether oxygens (including phenoxy) is 1. The summed E-state index contributed by atoms with van der Waals surface area (Å²) in [6.45, 7) is 0.556. The van der Waals surface area contributed by atoms with Crippen molar-refractivity contribution in [2.24, 2.45) is 0 Å². The highest BCUT2D eigenvalue weighted by Crippen LogP contribution is 2.17. The largest absolute Gasteiger partial charge is 0.445 e. The highest BCUT2D eigenvalue weighted by atomic mass is 16.5. The summed E-state index contributed by atoms with van der Waals surface area (Å²) < 4.78 is 5.08. The van der Waals surface area contributed by atoms with Crippen LogP contribution in [0.5, 0.6) is 0 Å². The number of carbonyl (C=O) groups excluding carboxylic acids is 3. The first-order valence-electron chi connectivity index (χ1n) is 9.64. The van der Waals surface area contributed by atoms with E-state index in [4.69, 9.17) is 4.74 Å². The van der Waals surface area contributed by atoms with Gasteiger partial charge in [0.2, 0.25) is 11.8 Å². The molecule has 0 heterocycles. The van der Waals surface area contributed by atoms with E-state index in [0.29, 0.717) is 13.0 Å². The minimum atomic E-state index is -0.508. The zero-order chi connectivity index (χ0) is 19.3. The molecule has 7 nitrogen and oxygen atoms in total. The van der Waals surface area contributed by atoms with Gasteiger partial charge in [-0.15, -0.1) is 0 Å². The molecular formula is C20H29N3O4. The summed E-state index contributed by atoms with van der Waals surface area (Å²) >= 11 is 0. The average molecular weight is 375 g/mol. The molecule has 0 saturated heterocycles. The van der Waals surface area contributed by atoms with Crippen LogP contribution in [0.15, 0.2) is 30.3 Å². The van der Waals surface area contributed by atoms with Crippen molar-refractivity contribution in [2.45, 2.75) is 57.6 Å². The Balaban J connectivity index is 1.47. The van der Waals surface area contributed by atoms with Crippen LogP contribution in [0.1, 0.15) is 50.5 Å². The summed E-state index contributed by atoms with van der Waals surface area (Å²) in [5.41, 5.74) is 0.915. The zero-order valence-electron chi connectivity index (χ0n) is 15.7. The van der Waals surface area contributed by atoms with Gasteiger partial charge in [0.05, 0.1) is 6.54 Å². The Morgan fingerprint density at radius 1 is 0.963 bits per heavy atom. The minimum absolute atomic E-state index is 0.00186. The van der Waals surface area contributed by atoms with Crippen molar-refractivity contribution in [3.05, 3.63) is 35.9 Å². The van der Waals surface area contributed by atoms with Crippen LogP contribution in [0.4, 0.5) is 4.79 Å². The van der Waals surface area contributed by atoms with Gasteiger partial charge in [-0.2, -0.15) is 0 Å². The van der Waals surface area contributed by atoms with Crippen LogP contribution in [0.3, 0.4) is 0 Å². The molecule has 1 aromatic carbocycles. The van der Waals surface area contributed by atoms with E-state index in [1.807, 2.05) is 30.3 Å². The van der Waals surface area contributed by atoms with Crippen molar-refractivity contribution in [3.8, 4) is 0 Å². The second kappa shape index (κ2) is 11.9. The SMILES string of the molecule is O=C(CCCNC(=O)OCc1ccccc1)NCC(=O)NC1CCCCC1. The van der Waals surface area contributed by atoms with E-state index in [1.54, 1.807) is 0 Å². The molecular weight excluding hydrogens is 346 g/mol. The van der Waals surface area contributed by atoms with E-state index >= 15 is 0 Å². The fraction of sp³-hybridized carbons (Fsp3) is 0.550. The van der Waals surface area contributed by atoms with Crippen LogP contribution in [0.2, 0.25) is 0 Å². The summed E-state index contributed by atoms with van der Waals surface area (Å²) in [6, 6.07) is 9.65. The third-order valence-corrected chi connectivity index (χ3v) is 4.48. The molecule has 1 aromatic rings. The van der Waals surface area contributed by atoms with Crippen LogP contribution >= 0.6 is 0 Å². The van der Waals surface area contributed by atoms with Gasteiger partial charge < -0.3 is 20.7 Å². The molecule has 0 unspecified atom stereocenters. The monoisotopic (exact) mass is 375 g/mol. The maximum atomic E-state index is 11.8. The number of alkyl carbamates (subject to hydrolysis) is 1. The number of rotatable bonds is 9. The van der Waals surface area contributed by atoms with Crippen LogP contribution in [-0.2, 0) is 20.9 Å². The molecule has 0 atom stereocenters. The van der Waals surface area contributed by atoms with Gasteiger partial charge in [0, 0.05) is 19.0 Å². The minimum Gasteiger partial charge on any atom is -0.445 e. The third kappa shape index (κ3) is 9.08. The molecule has 0 radical (unpaired) electrons. The maximum absolute atomic E-state index is 11.8. The normalized spacial score (nSPS) is 14.2. The van der Waals surface area contributed by atoms with E-state index < -0.39 is 6.09 Å². The summed E-state index contributed by atoms with van der Waals surface area (Å²) in [5, 5.41) is 8.18. The van der Waals surface area contributed by atoms with Gasteiger partial charge in [-0.3, -0.25) is 9.59 Å². The van der Waals surface area contributed by atoms with Gasteiger partial charge in [-0.05, 0) is 24.8 Å². The lowest BCUT2D eigenvalue weighted by Gasteiger charge is -2.22. The molecule has 2 rings (SSSR count). The van der Waals surface area contributed by atoms with Crippen molar-refractivity contribution in [1.82, 2.24) is 16.0 Å². The topological polar surface area (TPSA) is 96.5 Å². The number of nitrogens with one attached hydrogen (secondary N) is 3. The van der Waals surface area contributed by atoms with Crippen molar-refractivity contribution >= 4 is 17.9 Å². The van der Waals surface area contributed by atoms with E-state index in [-0.39, 0.29) is 37.4 Å². The van der Waals surface area contributed by atoms with Crippen LogP contribution in [0, 0.1) is 0 Å². The van der Waals surface area contributed by atoms with E-state index in [9.17, 15) is 14.4 Å². The molecule has 7 heteroatoms. The second-order valence-corrected chi connectivity index (χ2v) is 6.77. The van der Waals surface area contributed by atoms with Gasteiger partial charge in [-0.1, -0.05) is 49.6 Å². The maximum Gasteiger partial charge on any atom is 0.407 e. The van der Waals surface area contributed by atoms with Crippen LogP contribution in [0.25, 0.3) is 0 Å². The Morgan fingerprint density at radius 2 is 1.70 bits per heavy atom. The lowest BCUT2D eigenvalue weighted by molar-refractivity contribution is -0.126. The molecule has 1 aliphatic rings. The van der Waals surface area contributed by atoms with Crippen LogP contribution < -0.4 is 16.0 Å². The predicted molar refractivity (Wildman–Crippen MR) is 102 cm³/mol. The Bertz CT molecular complexity index is 601. The summed E-state index contributed by atoms with van der Waals surface area (Å²) in [5.74, 6) is -0.342. The standard InChI is InChI=1S/C20H29N3O4/c24-18(22-14-19(25)23-17-10-5-2-6-11-17)12-7-13-21-20(26)27-15-16-8-3-1-4-9-16/h1,3-4,8-9,17H,2,5-7,10-15H2,(H,21,26)(H,22,24)(H,23,25). The van der Waals surface area contributed by atoms with E-state index in [1.165, 1.54) is 6.42 Å². The summed E-state index contributed by atoms with van der Waals surface area (Å²) in [4.78, 5) is 35.2. The molecule has 1 fully saturated rings. The zero-order valence-corrected chi connectivity index (χ0v) is 15.7. The number of hydrogen-bond acceptors (Lipinski definition) is 4. The quantitative estimate of drug-likeness (QED) is 0.577. The van der Waals surface area contributed by atoms with Gasteiger partial charge in [0.25, 0.3) is 0 Å². The number of carbonyl (C=O) groups is 3. The van der Waals surface area contributed by atoms with Crippen molar-refractivity contribution in [2.75, 3.05) is 13.1 Å². The lowest BCUT2D eigenvalue weighted by atomic mass is 9.95. The fourth-order valence-electron chi connectivity index (χ4n) is 3.01. The number of amides is 3. The lowest BCUT2D eigenvalue weighted by Crippen LogP contribution is -2.42. The van der Waals surface area contributed by atoms with Gasteiger partial charge >= 0.3 is 6.09 Å². The number of hydrogen-bond donors (Lipinski definition) is 3. The summed E-state index contributed by atoms with van der Waals surface area (Å²) in [6.07, 6.45) is 5.79. The highest BCUT2D eigenvalue weighted by molar-refractivity contribution is 5.84. The van der Waals surface area contributed by atoms with Gasteiger partial charge in [0.15, 0.2) is 0 Å². The Morgan fingerprint density at radius 3 is 2.44 bits per heavy atom.